The lowest BCUT2D eigenvalue weighted by molar-refractivity contribution is -0.138. The summed E-state index contributed by atoms with van der Waals surface area (Å²) in [6.45, 7) is 1.81. The number of carbonyl (C=O) groups excluding carboxylic acids is 1. The van der Waals surface area contributed by atoms with Crippen LogP contribution >= 0.6 is 12.2 Å². The lowest BCUT2D eigenvalue weighted by Gasteiger charge is -2.13. The van der Waals surface area contributed by atoms with Crippen LogP contribution in [0.4, 0.5) is 4.39 Å². The molecule has 108 valence electrons. The Morgan fingerprint density at radius 1 is 1.40 bits per heavy atom. The molecule has 0 saturated carbocycles. The zero-order chi connectivity index (χ0) is 15.1. The standard InChI is InChI=1S/C14H15FO4S/c1-4-12(20)13-9(15)6-5-7-10(13)19-11(8-17-2)14(16)18-3/h5-8H,4H2,1-3H3/b11-8+. The fourth-order valence-corrected chi connectivity index (χ4v) is 1.67. The summed E-state index contributed by atoms with van der Waals surface area (Å²) in [5, 5.41) is 0. The highest BCUT2D eigenvalue weighted by Gasteiger charge is 2.19. The van der Waals surface area contributed by atoms with E-state index >= 15 is 0 Å². The van der Waals surface area contributed by atoms with Crippen LogP contribution in [0, 0.1) is 5.82 Å². The Hall–Kier alpha value is -1.95. The van der Waals surface area contributed by atoms with Crippen molar-refractivity contribution in [2.75, 3.05) is 14.2 Å². The summed E-state index contributed by atoms with van der Waals surface area (Å²) >= 11 is 5.12. The van der Waals surface area contributed by atoms with E-state index in [4.69, 9.17) is 21.7 Å². The number of hydrogen-bond acceptors (Lipinski definition) is 5. The van der Waals surface area contributed by atoms with Crippen molar-refractivity contribution in [3.63, 3.8) is 0 Å². The van der Waals surface area contributed by atoms with E-state index in [1.807, 2.05) is 6.92 Å². The number of benzene rings is 1. The van der Waals surface area contributed by atoms with Crippen molar-refractivity contribution in [3.05, 3.63) is 41.6 Å². The summed E-state index contributed by atoms with van der Waals surface area (Å²) in [4.78, 5) is 11.9. The first kappa shape index (κ1) is 16.1. The smallest absolute Gasteiger partial charge is 0.377 e. The summed E-state index contributed by atoms with van der Waals surface area (Å²) in [5.41, 5.74) is 0.163. The lowest BCUT2D eigenvalue weighted by Crippen LogP contribution is -2.13. The second kappa shape index (κ2) is 7.59. The number of rotatable bonds is 6. The first-order valence-electron chi connectivity index (χ1n) is 5.86. The molecule has 0 bridgehead atoms. The van der Waals surface area contributed by atoms with Gasteiger partial charge in [-0.15, -0.1) is 0 Å². The van der Waals surface area contributed by atoms with Gasteiger partial charge in [0.15, 0.2) is 0 Å². The predicted molar refractivity (Wildman–Crippen MR) is 76.1 cm³/mol. The summed E-state index contributed by atoms with van der Waals surface area (Å²) in [7, 11) is 2.56. The molecule has 0 fully saturated rings. The molecule has 0 amide bonds. The van der Waals surface area contributed by atoms with Gasteiger partial charge in [0.25, 0.3) is 0 Å². The van der Waals surface area contributed by atoms with Gasteiger partial charge in [0.05, 0.1) is 19.8 Å². The molecule has 0 aliphatic heterocycles. The Kier molecular flexibility index (Phi) is 6.11. The third-order valence-electron chi connectivity index (χ3n) is 2.41. The van der Waals surface area contributed by atoms with Crippen molar-refractivity contribution in [2.45, 2.75) is 13.3 Å². The Labute approximate surface area is 122 Å². The minimum atomic E-state index is -0.732. The molecular formula is C14H15FO4S. The number of thiocarbonyl (C=S) groups is 1. The van der Waals surface area contributed by atoms with Gasteiger partial charge in [0.1, 0.15) is 17.8 Å². The van der Waals surface area contributed by atoms with E-state index < -0.39 is 11.8 Å². The maximum absolute atomic E-state index is 13.9. The molecule has 0 aromatic heterocycles. The molecule has 1 aromatic rings. The van der Waals surface area contributed by atoms with Crippen LogP contribution in [0.5, 0.6) is 5.75 Å². The minimum Gasteiger partial charge on any atom is -0.500 e. The van der Waals surface area contributed by atoms with E-state index in [0.717, 1.165) is 6.26 Å². The van der Waals surface area contributed by atoms with Crippen LogP contribution in [-0.2, 0) is 14.3 Å². The maximum atomic E-state index is 13.9. The van der Waals surface area contributed by atoms with Gasteiger partial charge in [0.2, 0.25) is 5.76 Å². The van der Waals surface area contributed by atoms with Gasteiger partial charge in [0, 0.05) is 4.86 Å². The molecule has 0 unspecified atom stereocenters. The highest BCUT2D eigenvalue weighted by atomic mass is 32.1. The number of halogens is 1. The number of methoxy groups -OCH3 is 2. The molecule has 4 nitrogen and oxygen atoms in total. The quantitative estimate of drug-likeness (QED) is 0.266. The van der Waals surface area contributed by atoms with Crippen molar-refractivity contribution in [2.24, 2.45) is 0 Å². The molecule has 0 saturated heterocycles. The Balaban J connectivity index is 3.20. The fourth-order valence-electron chi connectivity index (χ4n) is 1.48. The summed E-state index contributed by atoms with van der Waals surface area (Å²) in [6, 6.07) is 4.27. The Bertz CT molecular complexity index is 540. The average molecular weight is 298 g/mol. The fraction of sp³-hybridized carbons (Fsp3) is 0.286. The monoisotopic (exact) mass is 298 g/mol. The number of ether oxygens (including phenoxy) is 3. The second-order valence-corrected chi connectivity index (χ2v) is 4.19. The van der Waals surface area contributed by atoms with Crippen LogP contribution in [0.1, 0.15) is 18.9 Å². The molecule has 0 spiro atoms. The van der Waals surface area contributed by atoms with Crippen LogP contribution in [0.2, 0.25) is 0 Å². The number of esters is 1. The van der Waals surface area contributed by atoms with Crippen LogP contribution in [0.15, 0.2) is 30.2 Å². The summed E-state index contributed by atoms with van der Waals surface area (Å²) in [5.74, 6) is -1.29. The first-order chi connectivity index (χ1) is 9.54. The largest absolute Gasteiger partial charge is 0.500 e. The van der Waals surface area contributed by atoms with Gasteiger partial charge in [-0.25, -0.2) is 9.18 Å². The van der Waals surface area contributed by atoms with E-state index in [2.05, 4.69) is 4.74 Å². The molecular weight excluding hydrogens is 283 g/mol. The molecule has 1 aromatic carbocycles. The molecule has 0 N–H and O–H groups in total. The van der Waals surface area contributed by atoms with E-state index in [-0.39, 0.29) is 17.1 Å². The van der Waals surface area contributed by atoms with E-state index in [1.54, 1.807) is 0 Å². The number of hydrogen-bond donors (Lipinski definition) is 0. The van der Waals surface area contributed by atoms with E-state index in [0.29, 0.717) is 11.3 Å². The third kappa shape index (κ3) is 3.77. The van der Waals surface area contributed by atoms with Crippen molar-refractivity contribution < 1.29 is 23.4 Å². The maximum Gasteiger partial charge on any atom is 0.377 e. The zero-order valence-electron chi connectivity index (χ0n) is 11.4. The highest BCUT2D eigenvalue weighted by molar-refractivity contribution is 7.80. The lowest BCUT2D eigenvalue weighted by atomic mass is 10.1. The van der Waals surface area contributed by atoms with Crippen LogP contribution in [0.3, 0.4) is 0 Å². The zero-order valence-corrected chi connectivity index (χ0v) is 12.3. The van der Waals surface area contributed by atoms with Gasteiger partial charge in [-0.1, -0.05) is 25.2 Å². The minimum absolute atomic E-state index is 0.144. The third-order valence-corrected chi connectivity index (χ3v) is 2.90. The molecule has 0 radical (unpaired) electrons. The van der Waals surface area contributed by atoms with Gasteiger partial charge < -0.3 is 14.2 Å². The Morgan fingerprint density at radius 3 is 2.65 bits per heavy atom. The van der Waals surface area contributed by atoms with Crippen molar-refractivity contribution in [1.29, 1.82) is 0 Å². The van der Waals surface area contributed by atoms with E-state index in [1.165, 1.54) is 32.4 Å². The molecule has 0 aliphatic carbocycles. The first-order valence-corrected chi connectivity index (χ1v) is 6.26. The highest BCUT2D eigenvalue weighted by Crippen LogP contribution is 2.25. The molecule has 1 rings (SSSR count). The van der Waals surface area contributed by atoms with Crippen LogP contribution < -0.4 is 4.74 Å². The van der Waals surface area contributed by atoms with Crippen molar-refractivity contribution >= 4 is 23.1 Å². The summed E-state index contributed by atoms with van der Waals surface area (Å²) < 4.78 is 28.5. The molecule has 0 aliphatic rings. The predicted octanol–water partition coefficient (Wildman–Crippen LogP) is 2.99. The topological polar surface area (TPSA) is 44.8 Å². The van der Waals surface area contributed by atoms with Crippen LogP contribution in [-0.4, -0.2) is 25.1 Å². The molecule has 20 heavy (non-hydrogen) atoms. The van der Waals surface area contributed by atoms with Crippen molar-refractivity contribution in [1.82, 2.24) is 0 Å². The SMILES string of the molecule is CCC(=S)c1c(F)cccc1O/C(=C/OC)C(=O)OC. The van der Waals surface area contributed by atoms with Gasteiger partial charge >= 0.3 is 5.97 Å². The summed E-state index contributed by atoms with van der Waals surface area (Å²) in [6.07, 6.45) is 1.56. The van der Waals surface area contributed by atoms with Gasteiger partial charge in [-0.2, -0.15) is 0 Å². The number of carbonyl (C=O) groups is 1. The van der Waals surface area contributed by atoms with Gasteiger partial charge in [-0.05, 0) is 18.6 Å². The second-order valence-electron chi connectivity index (χ2n) is 3.70. The Morgan fingerprint density at radius 2 is 2.10 bits per heavy atom. The normalized spacial score (nSPS) is 10.9. The van der Waals surface area contributed by atoms with E-state index in [9.17, 15) is 9.18 Å². The molecule has 0 atom stereocenters. The average Bonchev–Trinajstić information content (AvgIpc) is 2.45. The van der Waals surface area contributed by atoms with Gasteiger partial charge in [-0.3, -0.25) is 0 Å². The molecule has 0 heterocycles. The van der Waals surface area contributed by atoms with Crippen LogP contribution in [0.25, 0.3) is 0 Å². The molecule has 6 heteroatoms. The van der Waals surface area contributed by atoms with Crippen molar-refractivity contribution in [3.8, 4) is 5.75 Å².